The minimum absolute atomic E-state index is 0.0461. The summed E-state index contributed by atoms with van der Waals surface area (Å²) in [4.78, 5) is 11.8. The van der Waals surface area contributed by atoms with E-state index in [4.69, 9.17) is 5.73 Å². The number of rotatable bonds is 5. The summed E-state index contributed by atoms with van der Waals surface area (Å²) in [6, 6.07) is 5.73. The predicted octanol–water partition coefficient (Wildman–Crippen LogP) is 3.08. The number of carboxylic acids is 1. The Balaban J connectivity index is 2.28. The summed E-state index contributed by atoms with van der Waals surface area (Å²) in [5, 5.41) is 9.70. The first kappa shape index (κ1) is 15.0. The lowest BCUT2D eigenvalue weighted by Crippen LogP contribution is -2.44. The zero-order valence-electron chi connectivity index (χ0n) is 11.6. The Morgan fingerprint density at radius 1 is 1.25 bits per heavy atom. The first-order valence-electron chi connectivity index (χ1n) is 7.28. The van der Waals surface area contributed by atoms with Crippen LogP contribution in [-0.4, -0.2) is 17.6 Å². The van der Waals surface area contributed by atoms with Crippen molar-refractivity contribution < 1.29 is 14.3 Å². The molecule has 110 valence electrons. The van der Waals surface area contributed by atoms with Crippen LogP contribution in [0.25, 0.3) is 0 Å². The van der Waals surface area contributed by atoms with Crippen molar-refractivity contribution in [3.8, 4) is 0 Å². The van der Waals surface area contributed by atoms with Gasteiger partial charge in [-0.1, -0.05) is 44.2 Å². The molecule has 1 fully saturated rings. The molecule has 0 spiro atoms. The van der Waals surface area contributed by atoms with Crippen LogP contribution in [0.15, 0.2) is 24.3 Å². The molecule has 0 aromatic heterocycles. The summed E-state index contributed by atoms with van der Waals surface area (Å²) >= 11 is 0. The van der Waals surface area contributed by atoms with E-state index in [0.29, 0.717) is 17.9 Å². The fourth-order valence-electron chi connectivity index (χ4n) is 3.27. The fourth-order valence-corrected chi connectivity index (χ4v) is 3.27. The minimum atomic E-state index is -1.09. The number of nitrogens with two attached hydrogens (primary N) is 1. The van der Waals surface area contributed by atoms with Gasteiger partial charge in [0, 0.05) is 6.54 Å². The van der Waals surface area contributed by atoms with Gasteiger partial charge >= 0.3 is 5.97 Å². The van der Waals surface area contributed by atoms with Gasteiger partial charge in [0.25, 0.3) is 0 Å². The van der Waals surface area contributed by atoms with Crippen LogP contribution < -0.4 is 5.73 Å². The average Bonchev–Trinajstić information content (AvgIpc) is 2.46. The van der Waals surface area contributed by atoms with Gasteiger partial charge < -0.3 is 10.8 Å². The molecule has 1 saturated carbocycles. The SMILES string of the molecule is NCC(CC1CCCCC1)(C(=O)O)c1ccc(F)cc1. The van der Waals surface area contributed by atoms with Crippen molar-refractivity contribution in [3.05, 3.63) is 35.6 Å². The Morgan fingerprint density at radius 3 is 2.35 bits per heavy atom. The van der Waals surface area contributed by atoms with Gasteiger partial charge in [0.1, 0.15) is 11.2 Å². The Hall–Kier alpha value is -1.42. The third-order valence-corrected chi connectivity index (χ3v) is 4.52. The van der Waals surface area contributed by atoms with Crippen molar-refractivity contribution >= 4 is 5.97 Å². The Labute approximate surface area is 119 Å². The van der Waals surface area contributed by atoms with E-state index in [2.05, 4.69) is 0 Å². The number of aliphatic carboxylic acids is 1. The number of carbonyl (C=O) groups is 1. The topological polar surface area (TPSA) is 63.3 Å². The summed E-state index contributed by atoms with van der Waals surface area (Å²) in [6.45, 7) is 0.0461. The number of benzene rings is 1. The smallest absolute Gasteiger partial charge is 0.315 e. The van der Waals surface area contributed by atoms with E-state index in [1.54, 1.807) is 12.1 Å². The first-order valence-corrected chi connectivity index (χ1v) is 7.28. The van der Waals surface area contributed by atoms with Crippen LogP contribution in [0.2, 0.25) is 0 Å². The molecule has 0 aliphatic heterocycles. The Bertz CT molecular complexity index is 454. The lowest BCUT2D eigenvalue weighted by molar-refractivity contribution is -0.144. The van der Waals surface area contributed by atoms with Crippen LogP contribution in [0.5, 0.6) is 0 Å². The largest absolute Gasteiger partial charge is 0.481 e. The Morgan fingerprint density at radius 2 is 1.85 bits per heavy atom. The second kappa shape index (κ2) is 6.35. The molecular weight excluding hydrogens is 257 g/mol. The number of carboxylic acid groups (broad SMARTS) is 1. The maximum absolute atomic E-state index is 13.1. The first-order chi connectivity index (χ1) is 9.58. The normalized spacial score (nSPS) is 19.5. The zero-order valence-corrected chi connectivity index (χ0v) is 11.6. The monoisotopic (exact) mass is 279 g/mol. The maximum atomic E-state index is 13.1. The lowest BCUT2D eigenvalue weighted by Gasteiger charge is -2.34. The highest BCUT2D eigenvalue weighted by atomic mass is 19.1. The van der Waals surface area contributed by atoms with Crippen LogP contribution in [0.4, 0.5) is 4.39 Å². The molecule has 1 atom stereocenters. The molecule has 1 aliphatic carbocycles. The van der Waals surface area contributed by atoms with E-state index in [1.807, 2.05) is 0 Å². The number of hydrogen-bond donors (Lipinski definition) is 2. The van der Waals surface area contributed by atoms with E-state index in [-0.39, 0.29) is 12.4 Å². The van der Waals surface area contributed by atoms with E-state index in [0.717, 1.165) is 25.7 Å². The van der Waals surface area contributed by atoms with Crippen molar-refractivity contribution in [2.45, 2.75) is 43.9 Å². The highest BCUT2D eigenvalue weighted by Crippen LogP contribution is 2.37. The molecule has 1 aromatic carbocycles. The summed E-state index contributed by atoms with van der Waals surface area (Å²) in [5.74, 6) is -0.867. The molecule has 1 aromatic rings. The van der Waals surface area contributed by atoms with Gasteiger partial charge in [0.05, 0.1) is 0 Å². The van der Waals surface area contributed by atoms with Crippen LogP contribution in [0.1, 0.15) is 44.1 Å². The van der Waals surface area contributed by atoms with Gasteiger partial charge in [-0.05, 0) is 30.0 Å². The van der Waals surface area contributed by atoms with E-state index in [1.165, 1.54) is 18.6 Å². The third kappa shape index (κ3) is 3.01. The molecule has 0 saturated heterocycles. The maximum Gasteiger partial charge on any atom is 0.315 e. The highest BCUT2D eigenvalue weighted by Gasteiger charge is 2.41. The van der Waals surface area contributed by atoms with Crippen LogP contribution >= 0.6 is 0 Å². The van der Waals surface area contributed by atoms with Crippen LogP contribution in [0.3, 0.4) is 0 Å². The third-order valence-electron chi connectivity index (χ3n) is 4.52. The molecule has 4 heteroatoms. The highest BCUT2D eigenvalue weighted by molar-refractivity contribution is 5.81. The standard InChI is InChI=1S/C16H22FNO2/c17-14-8-6-13(7-9-14)16(11-18,15(19)20)10-12-4-2-1-3-5-12/h6-9,12H,1-5,10-11,18H2,(H,19,20). The van der Waals surface area contributed by atoms with Crippen molar-refractivity contribution in [2.24, 2.45) is 11.7 Å². The van der Waals surface area contributed by atoms with E-state index < -0.39 is 11.4 Å². The van der Waals surface area contributed by atoms with Gasteiger partial charge in [0.2, 0.25) is 0 Å². The summed E-state index contributed by atoms with van der Waals surface area (Å²) in [7, 11) is 0. The second-order valence-corrected chi connectivity index (χ2v) is 5.81. The van der Waals surface area contributed by atoms with Crippen molar-refractivity contribution in [1.82, 2.24) is 0 Å². The molecule has 0 radical (unpaired) electrons. The quantitative estimate of drug-likeness (QED) is 0.870. The summed E-state index contributed by atoms with van der Waals surface area (Å²) in [5.41, 5.74) is 5.34. The van der Waals surface area contributed by atoms with Crippen molar-refractivity contribution in [1.29, 1.82) is 0 Å². The molecule has 1 unspecified atom stereocenters. The molecule has 1 aliphatic rings. The van der Waals surface area contributed by atoms with Crippen molar-refractivity contribution in [2.75, 3.05) is 6.54 Å². The molecule has 3 nitrogen and oxygen atoms in total. The lowest BCUT2D eigenvalue weighted by atomic mass is 9.70. The van der Waals surface area contributed by atoms with Gasteiger partial charge in [-0.2, -0.15) is 0 Å². The van der Waals surface area contributed by atoms with Gasteiger partial charge in [-0.3, -0.25) is 4.79 Å². The predicted molar refractivity (Wildman–Crippen MR) is 76.0 cm³/mol. The molecule has 0 amide bonds. The van der Waals surface area contributed by atoms with Gasteiger partial charge in [0.15, 0.2) is 0 Å². The second-order valence-electron chi connectivity index (χ2n) is 5.81. The number of halogens is 1. The molecule has 3 N–H and O–H groups in total. The fraction of sp³-hybridized carbons (Fsp3) is 0.562. The minimum Gasteiger partial charge on any atom is -0.481 e. The van der Waals surface area contributed by atoms with Crippen LogP contribution in [-0.2, 0) is 10.2 Å². The zero-order chi connectivity index (χ0) is 14.6. The Kier molecular flexibility index (Phi) is 4.76. The van der Waals surface area contributed by atoms with Crippen molar-refractivity contribution in [3.63, 3.8) is 0 Å². The number of hydrogen-bond acceptors (Lipinski definition) is 2. The molecule has 0 heterocycles. The molecule has 2 rings (SSSR count). The van der Waals surface area contributed by atoms with Gasteiger partial charge in [-0.25, -0.2) is 4.39 Å². The summed E-state index contributed by atoms with van der Waals surface area (Å²) < 4.78 is 13.1. The molecule has 20 heavy (non-hydrogen) atoms. The van der Waals surface area contributed by atoms with E-state index in [9.17, 15) is 14.3 Å². The summed E-state index contributed by atoms with van der Waals surface area (Å²) in [6.07, 6.45) is 6.23. The molecule has 0 bridgehead atoms. The van der Waals surface area contributed by atoms with Crippen LogP contribution in [0, 0.1) is 11.7 Å². The van der Waals surface area contributed by atoms with E-state index >= 15 is 0 Å². The average molecular weight is 279 g/mol. The van der Waals surface area contributed by atoms with Gasteiger partial charge in [-0.15, -0.1) is 0 Å². The molecular formula is C16H22FNO2.